The average Bonchev–Trinajstić information content (AvgIpc) is 2.69. The van der Waals surface area contributed by atoms with Crippen molar-refractivity contribution in [1.82, 2.24) is 0 Å². The molecule has 2 aliphatic carbocycles. The maximum Gasteiger partial charge on any atom is 0.330 e. The van der Waals surface area contributed by atoms with E-state index in [0.717, 1.165) is 18.4 Å². The SMILES string of the molecule is CC(C)[C@@H]1CC[C@@]2(C)[C@H]([C@@H]1O)[C@](O)(COC(=O)C=Cc1ccccc1)CC[C@@H]2O. The molecule has 0 spiro atoms. The van der Waals surface area contributed by atoms with Gasteiger partial charge in [0.15, 0.2) is 0 Å². The van der Waals surface area contributed by atoms with Crippen molar-refractivity contribution < 1.29 is 24.9 Å². The molecule has 0 heterocycles. The number of hydrogen-bond acceptors (Lipinski definition) is 5. The van der Waals surface area contributed by atoms with Crippen molar-refractivity contribution in [3.05, 3.63) is 42.0 Å². The van der Waals surface area contributed by atoms with Crippen LogP contribution in [0.2, 0.25) is 0 Å². The summed E-state index contributed by atoms with van der Waals surface area (Å²) in [6.45, 7) is 5.91. The Kier molecular flexibility index (Phi) is 6.51. The second kappa shape index (κ2) is 8.58. The molecule has 0 amide bonds. The molecule has 29 heavy (non-hydrogen) atoms. The summed E-state index contributed by atoms with van der Waals surface area (Å²) < 4.78 is 5.41. The molecule has 160 valence electrons. The highest BCUT2D eigenvalue weighted by Gasteiger charge is 2.61. The Bertz CT molecular complexity index is 730. The molecule has 2 aliphatic rings. The summed E-state index contributed by atoms with van der Waals surface area (Å²) in [4.78, 5) is 12.2. The van der Waals surface area contributed by atoms with E-state index in [1.54, 1.807) is 6.08 Å². The van der Waals surface area contributed by atoms with Crippen molar-refractivity contribution in [1.29, 1.82) is 0 Å². The molecule has 0 aromatic heterocycles. The standard InChI is InChI=1S/C24H34O5/c1-16(2)18-11-13-23(3)19(25)12-14-24(28,22(23)21(18)27)15-29-20(26)10-9-17-7-5-4-6-8-17/h4-10,16,18-19,21-22,25,27-28H,11-15H2,1-3H3/t18-,19-,21+,22-,23+,24+/m0/s1. The van der Waals surface area contributed by atoms with Crippen LogP contribution in [-0.2, 0) is 9.53 Å². The molecule has 0 saturated heterocycles. The summed E-state index contributed by atoms with van der Waals surface area (Å²) in [5.41, 5.74) is -1.06. The molecular weight excluding hydrogens is 368 g/mol. The average molecular weight is 403 g/mol. The van der Waals surface area contributed by atoms with Gasteiger partial charge in [-0.1, -0.05) is 51.1 Å². The summed E-state index contributed by atoms with van der Waals surface area (Å²) in [7, 11) is 0. The predicted octanol–water partition coefficient (Wildman–Crippen LogP) is 3.18. The Labute approximate surface area is 173 Å². The van der Waals surface area contributed by atoms with Crippen LogP contribution in [0, 0.1) is 23.2 Å². The molecule has 2 saturated carbocycles. The summed E-state index contributed by atoms with van der Waals surface area (Å²) >= 11 is 0. The maximum absolute atomic E-state index is 12.2. The van der Waals surface area contributed by atoms with Gasteiger partial charge in [0.1, 0.15) is 12.2 Å². The summed E-state index contributed by atoms with van der Waals surface area (Å²) in [5.74, 6) is -0.737. The number of fused-ring (bicyclic) bond motifs is 1. The van der Waals surface area contributed by atoms with Crippen molar-refractivity contribution in [3.63, 3.8) is 0 Å². The number of aliphatic hydroxyl groups excluding tert-OH is 2. The van der Waals surface area contributed by atoms with Gasteiger partial charge in [0.05, 0.1) is 12.2 Å². The first-order valence-electron chi connectivity index (χ1n) is 10.7. The Morgan fingerprint density at radius 1 is 1.21 bits per heavy atom. The molecule has 5 heteroatoms. The fourth-order valence-corrected chi connectivity index (χ4v) is 5.48. The Morgan fingerprint density at radius 2 is 1.90 bits per heavy atom. The van der Waals surface area contributed by atoms with Gasteiger partial charge >= 0.3 is 5.97 Å². The minimum atomic E-state index is -1.35. The third-order valence-corrected chi connectivity index (χ3v) is 7.23. The van der Waals surface area contributed by atoms with Crippen LogP contribution in [0.5, 0.6) is 0 Å². The normalized spacial score (nSPS) is 37.5. The van der Waals surface area contributed by atoms with Gasteiger partial charge in [-0.25, -0.2) is 4.79 Å². The number of benzene rings is 1. The maximum atomic E-state index is 12.2. The van der Waals surface area contributed by atoms with Crippen LogP contribution in [0.4, 0.5) is 0 Å². The van der Waals surface area contributed by atoms with E-state index >= 15 is 0 Å². The van der Waals surface area contributed by atoms with E-state index in [9.17, 15) is 20.1 Å². The highest BCUT2D eigenvalue weighted by atomic mass is 16.5. The third kappa shape index (κ3) is 4.42. The first-order valence-corrected chi connectivity index (χ1v) is 10.7. The lowest BCUT2D eigenvalue weighted by Gasteiger charge is -2.59. The van der Waals surface area contributed by atoms with Gasteiger partial charge in [0.25, 0.3) is 0 Å². The molecule has 1 aromatic carbocycles. The topological polar surface area (TPSA) is 87.0 Å². The van der Waals surface area contributed by atoms with E-state index in [0.29, 0.717) is 12.8 Å². The first-order chi connectivity index (χ1) is 13.7. The molecule has 0 radical (unpaired) electrons. The first kappa shape index (κ1) is 22.0. The molecular formula is C24H34O5. The molecule has 0 bridgehead atoms. The summed E-state index contributed by atoms with van der Waals surface area (Å²) in [6.07, 6.45) is 3.99. The molecule has 0 unspecified atom stereocenters. The van der Waals surface area contributed by atoms with Crippen molar-refractivity contribution in [2.45, 2.75) is 64.3 Å². The van der Waals surface area contributed by atoms with E-state index < -0.39 is 35.1 Å². The number of carbonyl (C=O) groups excluding carboxylic acids is 1. The fraction of sp³-hybridized carbons (Fsp3) is 0.625. The molecule has 5 nitrogen and oxygen atoms in total. The van der Waals surface area contributed by atoms with Crippen molar-refractivity contribution in [2.75, 3.05) is 6.61 Å². The van der Waals surface area contributed by atoms with Crippen molar-refractivity contribution in [2.24, 2.45) is 23.2 Å². The van der Waals surface area contributed by atoms with E-state index in [-0.39, 0.29) is 18.4 Å². The van der Waals surface area contributed by atoms with Crippen LogP contribution >= 0.6 is 0 Å². The fourth-order valence-electron chi connectivity index (χ4n) is 5.48. The van der Waals surface area contributed by atoms with Gasteiger partial charge in [-0.3, -0.25) is 0 Å². The molecule has 6 atom stereocenters. The summed E-state index contributed by atoms with van der Waals surface area (Å²) in [6, 6.07) is 9.44. The third-order valence-electron chi connectivity index (χ3n) is 7.23. The Morgan fingerprint density at radius 3 is 2.55 bits per heavy atom. The van der Waals surface area contributed by atoms with E-state index in [1.165, 1.54) is 6.08 Å². The van der Waals surface area contributed by atoms with Gasteiger partial charge in [-0.05, 0) is 49.2 Å². The zero-order chi connectivity index (χ0) is 21.2. The second-order valence-corrected chi connectivity index (χ2v) is 9.43. The minimum absolute atomic E-state index is 0.0542. The van der Waals surface area contributed by atoms with Crippen molar-refractivity contribution >= 4 is 12.0 Å². The van der Waals surface area contributed by atoms with Crippen LogP contribution in [0.25, 0.3) is 6.08 Å². The lowest BCUT2D eigenvalue weighted by atomic mass is 9.50. The highest BCUT2D eigenvalue weighted by molar-refractivity contribution is 5.87. The number of carbonyl (C=O) groups is 1. The van der Waals surface area contributed by atoms with E-state index in [1.807, 2.05) is 37.3 Å². The zero-order valence-corrected chi connectivity index (χ0v) is 17.6. The van der Waals surface area contributed by atoms with Crippen LogP contribution in [0.1, 0.15) is 52.0 Å². The van der Waals surface area contributed by atoms with Gasteiger partial charge in [-0.15, -0.1) is 0 Å². The molecule has 3 N–H and O–H groups in total. The van der Waals surface area contributed by atoms with Gasteiger partial charge in [-0.2, -0.15) is 0 Å². The van der Waals surface area contributed by atoms with E-state index in [2.05, 4.69) is 13.8 Å². The lowest BCUT2D eigenvalue weighted by molar-refractivity contribution is -0.238. The van der Waals surface area contributed by atoms with E-state index in [4.69, 9.17) is 4.74 Å². The number of aliphatic hydroxyl groups is 3. The van der Waals surface area contributed by atoms with Gasteiger partial charge < -0.3 is 20.1 Å². The largest absolute Gasteiger partial charge is 0.459 e. The number of hydrogen-bond donors (Lipinski definition) is 3. The highest BCUT2D eigenvalue weighted by Crippen LogP contribution is 2.56. The quantitative estimate of drug-likeness (QED) is 0.520. The number of ether oxygens (including phenoxy) is 1. The zero-order valence-electron chi connectivity index (χ0n) is 17.6. The Hall–Kier alpha value is -1.69. The Balaban J connectivity index is 1.74. The smallest absolute Gasteiger partial charge is 0.330 e. The predicted molar refractivity (Wildman–Crippen MR) is 112 cm³/mol. The van der Waals surface area contributed by atoms with Crippen LogP contribution < -0.4 is 0 Å². The van der Waals surface area contributed by atoms with Crippen LogP contribution in [-0.4, -0.2) is 45.7 Å². The van der Waals surface area contributed by atoms with Crippen LogP contribution in [0.3, 0.4) is 0 Å². The molecule has 0 aliphatic heterocycles. The molecule has 3 rings (SSSR count). The number of rotatable bonds is 5. The van der Waals surface area contributed by atoms with Crippen molar-refractivity contribution in [3.8, 4) is 0 Å². The lowest BCUT2D eigenvalue weighted by Crippen LogP contribution is -2.65. The van der Waals surface area contributed by atoms with Gasteiger partial charge in [0, 0.05) is 17.4 Å². The van der Waals surface area contributed by atoms with Gasteiger partial charge in [0.2, 0.25) is 0 Å². The minimum Gasteiger partial charge on any atom is -0.459 e. The molecule has 2 fully saturated rings. The monoisotopic (exact) mass is 402 g/mol. The van der Waals surface area contributed by atoms with Crippen LogP contribution in [0.15, 0.2) is 36.4 Å². The molecule has 1 aromatic rings. The second-order valence-electron chi connectivity index (χ2n) is 9.43. The number of esters is 1. The summed E-state index contributed by atoms with van der Waals surface area (Å²) in [5, 5.41) is 33.3.